The fourth-order valence-corrected chi connectivity index (χ4v) is 1.94. The van der Waals surface area contributed by atoms with Crippen molar-refractivity contribution in [3.63, 3.8) is 0 Å². The first-order chi connectivity index (χ1) is 7.99. The average Bonchev–Trinajstić information content (AvgIpc) is 2.35. The molecule has 0 radical (unpaired) electrons. The molecule has 5 nitrogen and oxygen atoms in total. The van der Waals surface area contributed by atoms with Crippen LogP contribution in [0.3, 0.4) is 0 Å². The van der Waals surface area contributed by atoms with E-state index in [2.05, 4.69) is 4.90 Å². The number of carbonyl (C=O) groups excluding carboxylic acids is 1. The molecule has 0 amide bonds. The summed E-state index contributed by atoms with van der Waals surface area (Å²) in [5.41, 5.74) is 5.17. The van der Waals surface area contributed by atoms with Crippen LogP contribution in [0.15, 0.2) is 0 Å². The van der Waals surface area contributed by atoms with Crippen LogP contribution in [0.4, 0.5) is 0 Å². The number of hydrogen-bond donors (Lipinski definition) is 1. The molecule has 1 saturated heterocycles. The summed E-state index contributed by atoms with van der Waals surface area (Å²) in [4.78, 5) is 13.8. The van der Waals surface area contributed by atoms with Crippen LogP contribution >= 0.6 is 12.4 Å². The van der Waals surface area contributed by atoms with Crippen molar-refractivity contribution in [2.75, 3.05) is 39.9 Å². The van der Waals surface area contributed by atoms with Crippen LogP contribution in [-0.4, -0.2) is 56.9 Å². The van der Waals surface area contributed by atoms with Gasteiger partial charge in [-0.1, -0.05) is 0 Å². The summed E-state index contributed by atoms with van der Waals surface area (Å²) < 4.78 is 10.3. The maximum absolute atomic E-state index is 11.5. The van der Waals surface area contributed by atoms with Crippen molar-refractivity contribution >= 4 is 18.4 Å². The highest BCUT2D eigenvalue weighted by Gasteiger charge is 2.30. The second-order valence-electron chi connectivity index (χ2n) is 5.15. The van der Waals surface area contributed by atoms with Crippen molar-refractivity contribution in [2.45, 2.75) is 26.4 Å². The highest BCUT2D eigenvalue weighted by atomic mass is 35.5. The minimum absolute atomic E-state index is 0. The van der Waals surface area contributed by atoms with Gasteiger partial charge in [0.25, 0.3) is 0 Å². The van der Waals surface area contributed by atoms with Gasteiger partial charge in [-0.3, -0.25) is 9.69 Å². The molecule has 0 aliphatic carbocycles. The number of methoxy groups -OCH3 is 1. The van der Waals surface area contributed by atoms with Crippen molar-refractivity contribution in [2.24, 2.45) is 11.1 Å². The molecule has 0 aromatic rings. The fourth-order valence-electron chi connectivity index (χ4n) is 1.94. The van der Waals surface area contributed by atoms with E-state index in [1.54, 1.807) is 0 Å². The molecule has 0 saturated carbocycles. The Morgan fingerprint density at radius 1 is 1.56 bits per heavy atom. The highest BCUT2D eigenvalue weighted by molar-refractivity contribution is 5.85. The topological polar surface area (TPSA) is 64.8 Å². The Bertz CT molecular complexity index is 262. The van der Waals surface area contributed by atoms with Crippen LogP contribution < -0.4 is 5.73 Å². The summed E-state index contributed by atoms with van der Waals surface area (Å²) in [6.07, 6.45) is 0.918. The summed E-state index contributed by atoms with van der Waals surface area (Å²) in [6, 6.07) is 0. The maximum atomic E-state index is 11.5. The van der Waals surface area contributed by atoms with E-state index in [1.807, 2.05) is 13.8 Å². The van der Waals surface area contributed by atoms with E-state index in [4.69, 9.17) is 15.2 Å². The minimum atomic E-state index is -0.425. The van der Waals surface area contributed by atoms with Gasteiger partial charge in [-0.2, -0.15) is 0 Å². The predicted molar refractivity (Wildman–Crippen MR) is 72.9 cm³/mol. The molecule has 0 aromatic carbocycles. The molecule has 108 valence electrons. The van der Waals surface area contributed by atoms with Crippen LogP contribution in [0.5, 0.6) is 0 Å². The lowest BCUT2D eigenvalue weighted by Crippen LogP contribution is -2.46. The molecular formula is C12H25ClN2O3. The number of nitrogens with two attached hydrogens (primary N) is 1. The van der Waals surface area contributed by atoms with Crippen molar-refractivity contribution in [1.82, 2.24) is 4.90 Å². The standard InChI is InChI=1S/C12H24N2O3.ClH/c1-12(2,11(15)16-3)4-5-14-6-7-17-10(8-13)9-14;/h10H,4-9,13H2,1-3H3;1H. The Labute approximate surface area is 115 Å². The van der Waals surface area contributed by atoms with Crippen molar-refractivity contribution in [1.29, 1.82) is 0 Å². The van der Waals surface area contributed by atoms with E-state index < -0.39 is 5.41 Å². The van der Waals surface area contributed by atoms with Crippen LogP contribution in [0.2, 0.25) is 0 Å². The lowest BCUT2D eigenvalue weighted by molar-refractivity contribution is -0.151. The zero-order valence-electron chi connectivity index (χ0n) is 11.5. The first-order valence-corrected chi connectivity index (χ1v) is 6.12. The number of nitrogens with zero attached hydrogens (tertiary/aromatic N) is 1. The number of carbonyl (C=O) groups is 1. The Kier molecular flexibility index (Phi) is 7.78. The summed E-state index contributed by atoms with van der Waals surface area (Å²) in [5, 5.41) is 0. The van der Waals surface area contributed by atoms with Crippen molar-refractivity contribution < 1.29 is 14.3 Å². The highest BCUT2D eigenvalue weighted by Crippen LogP contribution is 2.22. The summed E-state index contributed by atoms with van der Waals surface area (Å²) >= 11 is 0. The number of rotatable bonds is 5. The molecule has 1 atom stereocenters. The average molecular weight is 281 g/mol. The minimum Gasteiger partial charge on any atom is -0.469 e. The SMILES string of the molecule is COC(=O)C(C)(C)CCN1CCOC(CN)C1.Cl. The van der Waals surface area contributed by atoms with Gasteiger partial charge in [-0.05, 0) is 26.8 Å². The van der Waals surface area contributed by atoms with Crippen molar-refractivity contribution in [3.05, 3.63) is 0 Å². The van der Waals surface area contributed by atoms with Gasteiger partial charge < -0.3 is 15.2 Å². The molecule has 1 heterocycles. The van der Waals surface area contributed by atoms with Crippen LogP contribution in [0, 0.1) is 5.41 Å². The second kappa shape index (κ2) is 7.94. The zero-order valence-corrected chi connectivity index (χ0v) is 12.3. The van der Waals surface area contributed by atoms with Crippen LogP contribution in [-0.2, 0) is 14.3 Å². The molecule has 2 N–H and O–H groups in total. The molecule has 1 rings (SSSR count). The zero-order chi connectivity index (χ0) is 12.9. The van der Waals surface area contributed by atoms with E-state index in [1.165, 1.54) is 7.11 Å². The monoisotopic (exact) mass is 280 g/mol. The van der Waals surface area contributed by atoms with Gasteiger partial charge >= 0.3 is 5.97 Å². The van der Waals surface area contributed by atoms with Gasteiger partial charge in [-0.25, -0.2) is 0 Å². The maximum Gasteiger partial charge on any atom is 0.311 e. The third-order valence-corrected chi connectivity index (χ3v) is 3.28. The quantitative estimate of drug-likeness (QED) is 0.750. The summed E-state index contributed by atoms with van der Waals surface area (Å²) in [7, 11) is 1.43. The van der Waals surface area contributed by atoms with E-state index in [-0.39, 0.29) is 24.5 Å². The summed E-state index contributed by atoms with van der Waals surface area (Å²) in [5.74, 6) is -0.152. The number of halogens is 1. The molecular weight excluding hydrogens is 256 g/mol. The van der Waals surface area contributed by atoms with Gasteiger partial charge in [0.05, 0.1) is 25.2 Å². The number of morpholine rings is 1. The summed E-state index contributed by atoms with van der Waals surface area (Å²) in [6.45, 7) is 7.75. The Balaban J connectivity index is 0.00000289. The van der Waals surface area contributed by atoms with Crippen LogP contribution in [0.25, 0.3) is 0 Å². The first-order valence-electron chi connectivity index (χ1n) is 6.12. The number of ether oxygens (including phenoxy) is 2. The normalized spacial score (nSPS) is 21.2. The Morgan fingerprint density at radius 2 is 2.22 bits per heavy atom. The molecule has 18 heavy (non-hydrogen) atoms. The fraction of sp³-hybridized carbons (Fsp3) is 0.917. The second-order valence-corrected chi connectivity index (χ2v) is 5.15. The van der Waals surface area contributed by atoms with Crippen molar-refractivity contribution in [3.8, 4) is 0 Å². The predicted octanol–water partition coefficient (Wildman–Crippen LogP) is 0.657. The Hall–Kier alpha value is -0.360. The van der Waals surface area contributed by atoms with Gasteiger partial charge in [0, 0.05) is 19.6 Å². The molecule has 1 aliphatic rings. The molecule has 6 heteroatoms. The molecule has 0 spiro atoms. The number of esters is 1. The van der Waals surface area contributed by atoms with Crippen LogP contribution in [0.1, 0.15) is 20.3 Å². The largest absolute Gasteiger partial charge is 0.469 e. The molecule has 0 bridgehead atoms. The van der Waals surface area contributed by atoms with E-state index in [0.29, 0.717) is 6.54 Å². The molecule has 1 fully saturated rings. The number of hydrogen-bond acceptors (Lipinski definition) is 5. The van der Waals surface area contributed by atoms with Gasteiger partial charge in [-0.15, -0.1) is 12.4 Å². The lowest BCUT2D eigenvalue weighted by atomic mass is 9.89. The lowest BCUT2D eigenvalue weighted by Gasteiger charge is -2.34. The van der Waals surface area contributed by atoms with Gasteiger partial charge in [0.2, 0.25) is 0 Å². The van der Waals surface area contributed by atoms with Gasteiger partial charge in [0.1, 0.15) is 0 Å². The first kappa shape index (κ1) is 17.6. The Morgan fingerprint density at radius 3 is 2.78 bits per heavy atom. The van der Waals surface area contributed by atoms with Gasteiger partial charge in [0.15, 0.2) is 0 Å². The third-order valence-electron chi connectivity index (χ3n) is 3.28. The van der Waals surface area contributed by atoms with E-state index in [0.717, 1.165) is 32.7 Å². The molecule has 1 unspecified atom stereocenters. The third kappa shape index (κ3) is 5.10. The smallest absolute Gasteiger partial charge is 0.311 e. The molecule has 0 aromatic heterocycles. The van der Waals surface area contributed by atoms with E-state index >= 15 is 0 Å². The van der Waals surface area contributed by atoms with E-state index in [9.17, 15) is 4.79 Å². The molecule has 1 aliphatic heterocycles.